The van der Waals surface area contributed by atoms with Crippen molar-refractivity contribution >= 4 is 11.8 Å². The first kappa shape index (κ1) is 20.4. The summed E-state index contributed by atoms with van der Waals surface area (Å²) < 4.78 is 0. The molecular weight excluding hydrogens is 326 g/mol. The van der Waals surface area contributed by atoms with E-state index in [-0.39, 0.29) is 23.3 Å². The van der Waals surface area contributed by atoms with Crippen LogP contribution in [0.1, 0.15) is 52.0 Å². The molecule has 26 heavy (non-hydrogen) atoms. The second kappa shape index (κ2) is 9.17. The zero-order valence-electron chi connectivity index (χ0n) is 16.6. The van der Waals surface area contributed by atoms with Gasteiger partial charge in [-0.3, -0.25) is 14.5 Å². The summed E-state index contributed by atoms with van der Waals surface area (Å²) in [5.74, 6) is 0.180. The van der Waals surface area contributed by atoms with Crippen LogP contribution in [0.3, 0.4) is 0 Å². The first-order chi connectivity index (χ1) is 12.3. The highest BCUT2D eigenvalue weighted by molar-refractivity contribution is 5.83. The molecule has 2 rings (SSSR count). The Morgan fingerprint density at radius 1 is 1.08 bits per heavy atom. The molecule has 0 aliphatic carbocycles. The largest absolute Gasteiger partial charge is 0.350 e. The van der Waals surface area contributed by atoms with Gasteiger partial charge in [0.25, 0.3) is 0 Å². The van der Waals surface area contributed by atoms with Crippen molar-refractivity contribution in [2.75, 3.05) is 32.7 Å². The molecule has 0 unspecified atom stereocenters. The van der Waals surface area contributed by atoms with Crippen LogP contribution >= 0.6 is 0 Å². The fraction of sp³-hybridized carbons (Fsp3) is 0.619. The molecule has 1 N–H and O–H groups in total. The van der Waals surface area contributed by atoms with Crippen LogP contribution in [0, 0.1) is 0 Å². The van der Waals surface area contributed by atoms with Crippen LogP contribution in [-0.2, 0) is 9.59 Å². The monoisotopic (exact) mass is 359 g/mol. The Kier molecular flexibility index (Phi) is 7.21. The van der Waals surface area contributed by atoms with E-state index in [9.17, 15) is 9.59 Å². The molecule has 1 aromatic rings. The second-order valence-corrected chi connectivity index (χ2v) is 8.12. The average Bonchev–Trinajstić information content (AvgIpc) is 2.80. The predicted octanol–water partition coefficient (Wildman–Crippen LogP) is 2.63. The SMILES string of the molecule is CC[C@H](C(=O)N1CCCN(CC(=O)NC(C)(C)C)CC1)c1ccccc1. The summed E-state index contributed by atoms with van der Waals surface area (Å²) in [4.78, 5) is 29.3. The van der Waals surface area contributed by atoms with Crippen molar-refractivity contribution in [2.45, 2.75) is 52.0 Å². The van der Waals surface area contributed by atoms with E-state index in [2.05, 4.69) is 17.1 Å². The Hall–Kier alpha value is -1.88. The molecule has 5 nitrogen and oxygen atoms in total. The lowest BCUT2D eigenvalue weighted by Crippen LogP contribution is -2.46. The molecule has 1 saturated heterocycles. The number of rotatable bonds is 5. The lowest BCUT2D eigenvalue weighted by molar-refractivity contribution is -0.132. The molecule has 0 radical (unpaired) electrons. The van der Waals surface area contributed by atoms with Gasteiger partial charge in [0.15, 0.2) is 0 Å². The van der Waals surface area contributed by atoms with E-state index in [1.807, 2.05) is 56.0 Å². The van der Waals surface area contributed by atoms with Crippen LogP contribution in [0.25, 0.3) is 0 Å². The third-order valence-corrected chi connectivity index (χ3v) is 4.69. The maximum atomic E-state index is 13.0. The number of hydrogen-bond donors (Lipinski definition) is 1. The fourth-order valence-electron chi connectivity index (χ4n) is 3.47. The van der Waals surface area contributed by atoms with E-state index in [0.717, 1.165) is 38.0 Å². The quantitative estimate of drug-likeness (QED) is 0.879. The molecule has 1 atom stereocenters. The van der Waals surface area contributed by atoms with Crippen molar-refractivity contribution in [1.82, 2.24) is 15.1 Å². The van der Waals surface area contributed by atoms with Crippen molar-refractivity contribution in [3.8, 4) is 0 Å². The Morgan fingerprint density at radius 2 is 1.77 bits per heavy atom. The summed E-state index contributed by atoms with van der Waals surface area (Å²) in [6.45, 7) is 11.5. The van der Waals surface area contributed by atoms with Crippen molar-refractivity contribution < 1.29 is 9.59 Å². The number of benzene rings is 1. The molecular formula is C21H33N3O2. The van der Waals surface area contributed by atoms with Crippen LogP contribution in [0.5, 0.6) is 0 Å². The Balaban J connectivity index is 1.93. The van der Waals surface area contributed by atoms with Gasteiger partial charge in [-0.2, -0.15) is 0 Å². The van der Waals surface area contributed by atoms with Gasteiger partial charge >= 0.3 is 0 Å². The number of carbonyl (C=O) groups excluding carboxylic acids is 2. The maximum Gasteiger partial charge on any atom is 0.234 e. The van der Waals surface area contributed by atoms with Gasteiger partial charge < -0.3 is 10.2 Å². The summed E-state index contributed by atoms with van der Waals surface area (Å²) >= 11 is 0. The van der Waals surface area contributed by atoms with E-state index >= 15 is 0 Å². The van der Waals surface area contributed by atoms with Crippen LogP contribution < -0.4 is 5.32 Å². The molecule has 0 spiro atoms. The van der Waals surface area contributed by atoms with Crippen molar-refractivity contribution in [2.24, 2.45) is 0 Å². The zero-order valence-corrected chi connectivity index (χ0v) is 16.6. The number of carbonyl (C=O) groups is 2. The van der Waals surface area contributed by atoms with Crippen molar-refractivity contribution in [3.05, 3.63) is 35.9 Å². The molecule has 144 valence electrons. The predicted molar refractivity (Wildman–Crippen MR) is 105 cm³/mol. The van der Waals surface area contributed by atoms with Crippen LogP contribution in [0.2, 0.25) is 0 Å². The molecule has 5 heteroatoms. The second-order valence-electron chi connectivity index (χ2n) is 8.12. The van der Waals surface area contributed by atoms with Gasteiger partial charge in [-0.15, -0.1) is 0 Å². The Morgan fingerprint density at radius 3 is 2.38 bits per heavy atom. The summed E-state index contributed by atoms with van der Waals surface area (Å²) in [6.07, 6.45) is 1.71. The van der Waals surface area contributed by atoms with E-state index in [1.165, 1.54) is 0 Å². The highest BCUT2D eigenvalue weighted by Crippen LogP contribution is 2.22. The minimum absolute atomic E-state index is 0.0491. The summed E-state index contributed by atoms with van der Waals surface area (Å²) in [5.41, 5.74) is 0.875. The zero-order chi connectivity index (χ0) is 19.2. The Bertz CT molecular complexity index is 595. The molecule has 1 fully saturated rings. The highest BCUT2D eigenvalue weighted by Gasteiger charge is 2.27. The molecule has 1 heterocycles. The summed E-state index contributed by atoms with van der Waals surface area (Å²) in [5, 5.41) is 3.01. The van der Waals surface area contributed by atoms with E-state index in [0.29, 0.717) is 13.1 Å². The average molecular weight is 360 g/mol. The lowest BCUT2D eigenvalue weighted by Gasteiger charge is -2.27. The number of amides is 2. The van der Waals surface area contributed by atoms with E-state index in [1.54, 1.807) is 0 Å². The molecule has 0 saturated carbocycles. The van der Waals surface area contributed by atoms with Crippen LogP contribution in [0.15, 0.2) is 30.3 Å². The van der Waals surface area contributed by atoms with E-state index < -0.39 is 0 Å². The van der Waals surface area contributed by atoms with Gasteiger partial charge in [-0.25, -0.2) is 0 Å². The lowest BCUT2D eigenvalue weighted by atomic mass is 9.95. The molecule has 1 aliphatic rings. The number of nitrogens with zero attached hydrogens (tertiary/aromatic N) is 2. The molecule has 0 aromatic heterocycles. The highest BCUT2D eigenvalue weighted by atomic mass is 16.2. The summed E-state index contributed by atoms with van der Waals surface area (Å²) in [7, 11) is 0. The number of nitrogens with one attached hydrogen (secondary N) is 1. The number of hydrogen-bond acceptors (Lipinski definition) is 3. The smallest absolute Gasteiger partial charge is 0.234 e. The third kappa shape index (κ3) is 6.13. The third-order valence-electron chi connectivity index (χ3n) is 4.69. The molecule has 0 bridgehead atoms. The Labute approximate surface area is 157 Å². The first-order valence-corrected chi connectivity index (χ1v) is 9.67. The van der Waals surface area contributed by atoms with Gasteiger partial charge in [0.2, 0.25) is 11.8 Å². The van der Waals surface area contributed by atoms with Gasteiger partial charge in [0, 0.05) is 31.7 Å². The van der Waals surface area contributed by atoms with Gasteiger partial charge in [-0.05, 0) is 39.2 Å². The van der Waals surface area contributed by atoms with Gasteiger partial charge in [0.05, 0.1) is 12.5 Å². The molecule has 2 amide bonds. The van der Waals surface area contributed by atoms with Crippen molar-refractivity contribution in [1.29, 1.82) is 0 Å². The van der Waals surface area contributed by atoms with Gasteiger partial charge in [-0.1, -0.05) is 37.3 Å². The first-order valence-electron chi connectivity index (χ1n) is 9.67. The topological polar surface area (TPSA) is 52.7 Å². The molecule has 1 aliphatic heterocycles. The van der Waals surface area contributed by atoms with Crippen LogP contribution in [-0.4, -0.2) is 59.9 Å². The fourth-order valence-corrected chi connectivity index (χ4v) is 3.47. The summed E-state index contributed by atoms with van der Waals surface area (Å²) in [6, 6.07) is 10.0. The standard InChI is InChI=1S/C21H33N3O2/c1-5-18(17-10-7-6-8-11-17)20(26)24-13-9-12-23(14-15-24)16-19(25)22-21(2,3)4/h6-8,10-11,18H,5,9,12-16H2,1-4H3,(H,22,25)/t18-/m0/s1. The van der Waals surface area contributed by atoms with E-state index in [4.69, 9.17) is 0 Å². The maximum absolute atomic E-state index is 13.0. The minimum atomic E-state index is -0.213. The van der Waals surface area contributed by atoms with Crippen molar-refractivity contribution in [3.63, 3.8) is 0 Å². The molecule has 1 aromatic carbocycles. The normalized spacial score (nSPS) is 17.5. The van der Waals surface area contributed by atoms with Gasteiger partial charge in [0.1, 0.15) is 0 Å². The van der Waals surface area contributed by atoms with Crippen LogP contribution in [0.4, 0.5) is 0 Å². The minimum Gasteiger partial charge on any atom is -0.350 e.